The summed E-state index contributed by atoms with van der Waals surface area (Å²) >= 11 is 12.1. The predicted molar refractivity (Wildman–Crippen MR) is 70.2 cm³/mol. The van der Waals surface area contributed by atoms with Gasteiger partial charge in [0.25, 0.3) is 0 Å². The van der Waals surface area contributed by atoms with Crippen molar-refractivity contribution in [1.29, 1.82) is 0 Å². The lowest BCUT2D eigenvalue weighted by molar-refractivity contribution is 1.01. The quantitative estimate of drug-likeness (QED) is 0.841. The number of nitrogen functional groups attached to an aromatic ring is 1. The zero-order valence-electron chi connectivity index (χ0n) is 8.82. The topological polar surface area (TPSA) is 63.8 Å². The number of hydrogen-bond acceptors (Lipinski definition) is 4. The molecular weight excluding hydrogens is 259 g/mol. The highest BCUT2D eigenvalue weighted by Crippen LogP contribution is 2.32. The molecule has 2 rings (SSSR count). The second-order valence-electron chi connectivity index (χ2n) is 3.41. The number of hydrogen-bond donors (Lipinski definition) is 2. The molecule has 4 nitrogen and oxygen atoms in total. The van der Waals surface area contributed by atoms with E-state index in [2.05, 4.69) is 15.3 Å². The molecule has 1 aromatic carbocycles. The van der Waals surface area contributed by atoms with E-state index in [0.717, 1.165) is 5.69 Å². The summed E-state index contributed by atoms with van der Waals surface area (Å²) in [5.74, 6) is 0. The molecule has 0 spiro atoms. The van der Waals surface area contributed by atoms with E-state index >= 15 is 0 Å². The van der Waals surface area contributed by atoms with E-state index in [1.807, 2.05) is 6.07 Å². The second kappa shape index (κ2) is 5.21. The molecule has 0 radical (unpaired) electrons. The summed E-state index contributed by atoms with van der Waals surface area (Å²) in [6.45, 7) is 0.520. The number of nitrogens with two attached hydrogens (primary N) is 1. The van der Waals surface area contributed by atoms with Gasteiger partial charge in [0.05, 0.1) is 28.0 Å². The molecule has 1 heterocycles. The molecule has 0 fully saturated rings. The molecule has 1 aromatic heterocycles. The van der Waals surface area contributed by atoms with E-state index in [4.69, 9.17) is 28.9 Å². The third kappa shape index (κ3) is 2.99. The van der Waals surface area contributed by atoms with Gasteiger partial charge in [0.2, 0.25) is 0 Å². The molecule has 0 aliphatic rings. The van der Waals surface area contributed by atoms with Gasteiger partial charge >= 0.3 is 0 Å². The molecule has 0 bridgehead atoms. The lowest BCUT2D eigenvalue weighted by Crippen LogP contribution is -2.03. The standard InChI is InChI=1S/C11H10Cl2N4/c12-9-3-7(14)4-10(13)11(9)16-5-8-1-2-15-6-17-8/h1-4,6,16H,5,14H2. The molecule has 0 unspecified atom stereocenters. The van der Waals surface area contributed by atoms with Crippen molar-refractivity contribution >= 4 is 34.6 Å². The van der Waals surface area contributed by atoms with E-state index in [0.29, 0.717) is 28.0 Å². The van der Waals surface area contributed by atoms with Crippen LogP contribution >= 0.6 is 23.2 Å². The fourth-order valence-corrected chi connectivity index (χ4v) is 2.00. The Kier molecular flexibility index (Phi) is 3.66. The van der Waals surface area contributed by atoms with E-state index in [-0.39, 0.29) is 0 Å². The molecule has 0 aliphatic carbocycles. The maximum atomic E-state index is 6.04. The van der Waals surface area contributed by atoms with Gasteiger partial charge in [-0.05, 0) is 18.2 Å². The Bertz CT molecular complexity index is 493. The largest absolute Gasteiger partial charge is 0.399 e. The minimum absolute atomic E-state index is 0.490. The Hall–Kier alpha value is -1.52. The van der Waals surface area contributed by atoms with E-state index in [1.165, 1.54) is 6.33 Å². The van der Waals surface area contributed by atoms with Crippen LogP contribution < -0.4 is 11.1 Å². The summed E-state index contributed by atoms with van der Waals surface area (Å²) in [6, 6.07) is 5.11. The molecule has 0 saturated heterocycles. The lowest BCUT2D eigenvalue weighted by atomic mass is 10.2. The highest BCUT2D eigenvalue weighted by atomic mass is 35.5. The summed E-state index contributed by atoms with van der Waals surface area (Å²) in [5, 5.41) is 4.09. The Morgan fingerprint density at radius 1 is 1.24 bits per heavy atom. The summed E-state index contributed by atoms with van der Waals surface area (Å²) < 4.78 is 0. The number of nitrogens with one attached hydrogen (secondary N) is 1. The maximum Gasteiger partial charge on any atom is 0.115 e. The molecule has 0 amide bonds. The summed E-state index contributed by atoms with van der Waals surface area (Å²) in [5.41, 5.74) is 7.66. The first-order chi connectivity index (χ1) is 8.16. The molecule has 0 aliphatic heterocycles. The average molecular weight is 269 g/mol. The van der Waals surface area contributed by atoms with Crippen LogP contribution in [0, 0.1) is 0 Å². The SMILES string of the molecule is Nc1cc(Cl)c(NCc2ccncn2)c(Cl)c1. The highest BCUT2D eigenvalue weighted by Gasteiger charge is 2.07. The third-order valence-electron chi connectivity index (χ3n) is 2.15. The van der Waals surface area contributed by atoms with E-state index < -0.39 is 0 Å². The summed E-state index contributed by atoms with van der Waals surface area (Å²) in [6.07, 6.45) is 3.17. The van der Waals surface area contributed by atoms with Crippen molar-refractivity contribution < 1.29 is 0 Å². The molecule has 2 aromatic rings. The van der Waals surface area contributed by atoms with Crippen LogP contribution in [0.4, 0.5) is 11.4 Å². The van der Waals surface area contributed by atoms with Crippen molar-refractivity contribution in [2.75, 3.05) is 11.1 Å². The van der Waals surface area contributed by atoms with Gasteiger partial charge in [0.15, 0.2) is 0 Å². The average Bonchev–Trinajstić information content (AvgIpc) is 2.29. The Morgan fingerprint density at radius 2 is 1.94 bits per heavy atom. The van der Waals surface area contributed by atoms with E-state index in [9.17, 15) is 0 Å². The van der Waals surface area contributed by atoms with Gasteiger partial charge in [0.1, 0.15) is 6.33 Å². The summed E-state index contributed by atoms with van der Waals surface area (Å²) in [7, 11) is 0. The molecule has 0 saturated carbocycles. The molecular formula is C11H10Cl2N4. The first-order valence-corrected chi connectivity index (χ1v) is 5.65. The molecule has 0 atom stereocenters. The lowest BCUT2D eigenvalue weighted by Gasteiger charge is -2.10. The first-order valence-electron chi connectivity index (χ1n) is 4.90. The predicted octanol–water partition coefficient (Wildman–Crippen LogP) is 2.98. The minimum Gasteiger partial charge on any atom is -0.399 e. The van der Waals surface area contributed by atoms with Crippen molar-refractivity contribution in [1.82, 2.24) is 9.97 Å². The van der Waals surface area contributed by atoms with Crippen LogP contribution in [-0.2, 0) is 6.54 Å². The fourth-order valence-electron chi connectivity index (χ4n) is 1.36. The van der Waals surface area contributed by atoms with Gasteiger partial charge in [-0.3, -0.25) is 0 Å². The molecule has 3 N–H and O–H groups in total. The van der Waals surface area contributed by atoms with Gasteiger partial charge in [-0.15, -0.1) is 0 Å². The van der Waals surface area contributed by atoms with Gasteiger partial charge < -0.3 is 11.1 Å². The number of benzene rings is 1. The van der Waals surface area contributed by atoms with Crippen molar-refractivity contribution in [3.05, 3.63) is 46.5 Å². The number of halogens is 2. The number of nitrogens with zero attached hydrogens (tertiary/aromatic N) is 2. The van der Waals surface area contributed by atoms with Gasteiger partial charge in [-0.2, -0.15) is 0 Å². The molecule has 6 heteroatoms. The third-order valence-corrected chi connectivity index (χ3v) is 2.75. The maximum absolute atomic E-state index is 6.04. The Labute approximate surface area is 109 Å². The monoisotopic (exact) mass is 268 g/mol. The van der Waals surface area contributed by atoms with Gasteiger partial charge in [-0.1, -0.05) is 23.2 Å². The fraction of sp³-hybridized carbons (Fsp3) is 0.0909. The Morgan fingerprint density at radius 3 is 2.53 bits per heavy atom. The van der Waals surface area contributed by atoms with Gasteiger partial charge in [0, 0.05) is 11.9 Å². The van der Waals surface area contributed by atoms with Gasteiger partial charge in [-0.25, -0.2) is 9.97 Å². The van der Waals surface area contributed by atoms with Crippen LogP contribution in [0.1, 0.15) is 5.69 Å². The van der Waals surface area contributed by atoms with Crippen LogP contribution in [0.25, 0.3) is 0 Å². The smallest absolute Gasteiger partial charge is 0.115 e. The number of rotatable bonds is 3. The van der Waals surface area contributed by atoms with Crippen molar-refractivity contribution in [3.63, 3.8) is 0 Å². The van der Waals surface area contributed by atoms with Crippen LogP contribution in [0.3, 0.4) is 0 Å². The van der Waals surface area contributed by atoms with Crippen LogP contribution in [-0.4, -0.2) is 9.97 Å². The Balaban J connectivity index is 2.15. The van der Waals surface area contributed by atoms with E-state index in [1.54, 1.807) is 18.3 Å². The highest BCUT2D eigenvalue weighted by molar-refractivity contribution is 6.39. The van der Waals surface area contributed by atoms with Crippen LogP contribution in [0.15, 0.2) is 30.7 Å². The zero-order valence-corrected chi connectivity index (χ0v) is 10.3. The second-order valence-corrected chi connectivity index (χ2v) is 4.23. The zero-order chi connectivity index (χ0) is 12.3. The molecule has 88 valence electrons. The van der Waals surface area contributed by atoms with Crippen molar-refractivity contribution in [2.45, 2.75) is 6.54 Å². The molecule has 17 heavy (non-hydrogen) atoms. The van der Waals surface area contributed by atoms with Crippen LogP contribution in [0.2, 0.25) is 10.0 Å². The number of aromatic nitrogens is 2. The normalized spacial score (nSPS) is 10.2. The van der Waals surface area contributed by atoms with Crippen LogP contribution in [0.5, 0.6) is 0 Å². The van der Waals surface area contributed by atoms with Crippen molar-refractivity contribution in [3.8, 4) is 0 Å². The van der Waals surface area contributed by atoms with Crippen molar-refractivity contribution in [2.24, 2.45) is 0 Å². The first kappa shape index (κ1) is 12.0. The minimum atomic E-state index is 0.490. The summed E-state index contributed by atoms with van der Waals surface area (Å²) in [4.78, 5) is 7.93. The number of anilines is 2.